The number of benzene rings is 1. The molecule has 2 atom stereocenters. The van der Waals surface area contributed by atoms with Crippen LogP contribution in [0.2, 0.25) is 0 Å². The second kappa shape index (κ2) is 8.28. The second-order valence-electron chi connectivity index (χ2n) is 5.49. The van der Waals surface area contributed by atoms with Crippen LogP contribution in [0.25, 0.3) is 0 Å². The van der Waals surface area contributed by atoms with Gasteiger partial charge >= 0.3 is 0 Å². The minimum atomic E-state index is 0.387. The molecule has 1 aromatic rings. The molecule has 1 N–H and O–H groups in total. The van der Waals surface area contributed by atoms with Crippen LogP contribution >= 0.6 is 0 Å². The largest absolute Gasteiger partial charge is 0.492 e. The maximum absolute atomic E-state index is 5.95. The highest BCUT2D eigenvalue weighted by Crippen LogP contribution is 2.19. The maximum Gasteiger partial charge on any atom is 0.119 e. The molecule has 3 heteroatoms. The van der Waals surface area contributed by atoms with Crippen molar-refractivity contribution >= 4 is 0 Å². The molecule has 0 amide bonds. The van der Waals surface area contributed by atoms with Gasteiger partial charge < -0.3 is 14.8 Å². The van der Waals surface area contributed by atoms with E-state index in [1.807, 2.05) is 0 Å². The van der Waals surface area contributed by atoms with Crippen LogP contribution in [-0.4, -0.2) is 32.4 Å². The normalized spacial score (nSPS) is 20.0. The first kappa shape index (κ1) is 15.3. The van der Waals surface area contributed by atoms with Crippen molar-refractivity contribution < 1.29 is 9.47 Å². The fourth-order valence-electron chi connectivity index (χ4n) is 2.72. The van der Waals surface area contributed by atoms with Crippen LogP contribution in [-0.2, 0) is 11.2 Å². The zero-order valence-corrected chi connectivity index (χ0v) is 12.7. The van der Waals surface area contributed by atoms with Gasteiger partial charge in [0.2, 0.25) is 0 Å². The number of ether oxygens (including phenoxy) is 2. The molecule has 112 valence electrons. The van der Waals surface area contributed by atoms with E-state index in [-0.39, 0.29) is 0 Å². The highest BCUT2D eigenvalue weighted by Gasteiger charge is 2.25. The average Bonchev–Trinajstić information content (AvgIpc) is 2.99. The fraction of sp³-hybridized carbons (Fsp3) is 0.647. The zero-order valence-electron chi connectivity index (χ0n) is 12.7. The summed E-state index contributed by atoms with van der Waals surface area (Å²) < 4.78 is 11.4. The summed E-state index contributed by atoms with van der Waals surface area (Å²) in [4.78, 5) is 0. The van der Waals surface area contributed by atoms with Crippen molar-refractivity contribution in [1.29, 1.82) is 0 Å². The molecular formula is C17H27NO2. The summed E-state index contributed by atoms with van der Waals surface area (Å²) >= 11 is 0. The van der Waals surface area contributed by atoms with Crippen molar-refractivity contribution in [3.8, 4) is 5.75 Å². The van der Waals surface area contributed by atoms with Crippen LogP contribution in [0.15, 0.2) is 24.3 Å². The first-order valence-corrected chi connectivity index (χ1v) is 7.86. The van der Waals surface area contributed by atoms with Gasteiger partial charge in [0.05, 0.1) is 6.61 Å². The van der Waals surface area contributed by atoms with Crippen LogP contribution in [0.5, 0.6) is 5.75 Å². The van der Waals surface area contributed by atoms with E-state index < -0.39 is 0 Å². The van der Waals surface area contributed by atoms with Gasteiger partial charge in [0, 0.05) is 18.6 Å². The Morgan fingerprint density at radius 2 is 2.10 bits per heavy atom. The third kappa shape index (κ3) is 4.50. The summed E-state index contributed by atoms with van der Waals surface area (Å²) in [5.41, 5.74) is 1.38. The third-order valence-corrected chi connectivity index (χ3v) is 3.89. The molecule has 0 bridgehead atoms. The molecule has 3 nitrogen and oxygen atoms in total. The molecule has 20 heavy (non-hydrogen) atoms. The lowest BCUT2D eigenvalue weighted by atomic mass is 10.00. The van der Waals surface area contributed by atoms with E-state index in [2.05, 4.69) is 43.4 Å². The van der Waals surface area contributed by atoms with Gasteiger partial charge in [-0.3, -0.25) is 0 Å². The molecule has 1 aromatic carbocycles. The van der Waals surface area contributed by atoms with Crippen molar-refractivity contribution in [3.63, 3.8) is 0 Å². The highest BCUT2D eigenvalue weighted by atomic mass is 16.5. The number of nitrogens with one attached hydrogen (secondary N) is 1. The zero-order chi connectivity index (χ0) is 14.2. The summed E-state index contributed by atoms with van der Waals surface area (Å²) in [7, 11) is 0. The first-order valence-electron chi connectivity index (χ1n) is 7.86. The van der Waals surface area contributed by atoms with Crippen molar-refractivity contribution in [2.24, 2.45) is 5.92 Å². The monoisotopic (exact) mass is 277 g/mol. The van der Waals surface area contributed by atoms with Crippen molar-refractivity contribution in [2.45, 2.75) is 39.2 Å². The van der Waals surface area contributed by atoms with E-state index in [1.54, 1.807) is 0 Å². The van der Waals surface area contributed by atoms with Crippen LogP contribution in [0.1, 0.15) is 32.3 Å². The van der Waals surface area contributed by atoms with Gasteiger partial charge in [0.15, 0.2) is 0 Å². The van der Waals surface area contributed by atoms with Gasteiger partial charge in [-0.15, -0.1) is 0 Å². The molecule has 2 rings (SSSR count). The van der Waals surface area contributed by atoms with Gasteiger partial charge in [0.1, 0.15) is 12.4 Å². The maximum atomic E-state index is 5.95. The Hall–Kier alpha value is -1.06. The average molecular weight is 277 g/mol. The van der Waals surface area contributed by atoms with E-state index in [4.69, 9.17) is 9.47 Å². The van der Waals surface area contributed by atoms with E-state index in [0.717, 1.165) is 45.0 Å². The van der Waals surface area contributed by atoms with Crippen molar-refractivity contribution in [1.82, 2.24) is 5.32 Å². The predicted octanol–water partition coefficient (Wildman–Crippen LogP) is 3.03. The lowest BCUT2D eigenvalue weighted by molar-refractivity contribution is 0.161. The molecule has 1 aliphatic heterocycles. The lowest BCUT2D eigenvalue weighted by Crippen LogP contribution is -2.41. The standard InChI is InChI=1S/C17H27NO2/c1-3-5-14-6-8-16(9-7-14)20-13-17(18-4-2)15-10-11-19-12-15/h6-9,15,17-18H,3-5,10-13H2,1-2H3. The summed E-state index contributed by atoms with van der Waals surface area (Å²) in [6.45, 7) is 7.78. The van der Waals surface area contributed by atoms with Gasteiger partial charge in [-0.25, -0.2) is 0 Å². The smallest absolute Gasteiger partial charge is 0.119 e. The minimum absolute atomic E-state index is 0.387. The van der Waals surface area contributed by atoms with E-state index in [9.17, 15) is 0 Å². The summed E-state index contributed by atoms with van der Waals surface area (Å²) in [5, 5.41) is 3.52. The number of hydrogen-bond acceptors (Lipinski definition) is 3. The Morgan fingerprint density at radius 1 is 1.30 bits per heavy atom. The van der Waals surface area contributed by atoms with E-state index >= 15 is 0 Å². The Kier molecular flexibility index (Phi) is 6.34. The predicted molar refractivity (Wildman–Crippen MR) is 82.3 cm³/mol. The number of rotatable bonds is 8. The number of aryl methyl sites for hydroxylation is 1. The Balaban J connectivity index is 1.84. The van der Waals surface area contributed by atoms with E-state index in [1.165, 1.54) is 12.0 Å². The van der Waals surface area contributed by atoms with Crippen molar-refractivity contribution in [3.05, 3.63) is 29.8 Å². The summed E-state index contributed by atoms with van der Waals surface area (Å²) in [5.74, 6) is 1.54. The Bertz CT molecular complexity index is 371. The van der Waals surface area contributed by atoms with Crippen LogP contribution < -0.4 is 10.1 Å². The molecule has 1 fully saturated rings. The SMILES string of the molecule is CCCc1ccc(OCC(NCC)C2CCOC2)cc1. The molecule has 0 saturated carbocycles. The van der Waals surface area contributed by atoms with Crippen LogP contribution in [0.4, 0.5) is 0 Å². The molecule has 0 aromatic heterocycles. The fourth-order valence-corrected chi connectivity index (χ4v) is 2.72. The first-order chi connectivity index (χ1) is 9.83. The molecule has 1 aliphatic rings. The number of hydrogen-bond donors (Lipinski definition) is 1. The van der Waals surface area contributed by atoms with Gasteiger partial charge in [-0.2, -0.15) is 0 Å². The van der Waals surface area contributed by atoms with Gasteiger partial charge in [-0.05, 0) is 37.1 Å². The minimum Gasteiger partial charge on any atom is -0.492 e. The topological polar surface area (TPSA) is 30.5 Å². The molecular weight excluding hydrogens is 250 g/mol. The van der Waals surface area contributed by atoms with E-state index in [0.29, 0.717) is 12.0 Å². The quantitative estimate of drug-likeness (QED) is 0.792. The Morgan fingerprint density at radius 3 is 2.70 bits per heavy atom. The summed E-state index contributed by atoms with van der Waals surface area (Å²) in [6.07, 6.45) is 3.46. The Labute approximate surface area is 122 Å². The molecule has 0 spiro atoms. The van der Waals surface area contributed by atoms with Crippen molar-refractivity contribution in [2.75, 3.05) is 26.4 Å². The van der Waals surface area contributed by atoms with Crippen LogP contribution in [0, 0.1) is 5.92 Å². The number of likely N-dealkylation sites (N-methyl/N-ethyl adjacent to an activating group) is 1. The molecule has 0 aliphatic carbocycles. The third-order valence-electron chi connectivity index (χ3n) is 3.89. The summed E-state index contributed by atoms with van der Waals surface area (Å²) in [6, 6.07) is 8.88. The lowest BCUT2D eigenvalue weighted by Gasteiger charge is -2.23. The molecule has 1 heterocycles. The van der Waals surface area contributed by atoms with Crippen LogP contribution in [0.3, 0.4) is 0 Å². The molecule has 0 radical (unpaired) electrons. The molecule has 1 saturated heterocycles. The second-order valence-corrected chi connectivity index (χ2v) is 5.49. The van der Waals surface area contributed by atoms with Gasteiger partial charge in [-0.1, -0.05) is 32.4 Å². The van der Waals surface area contributed by atoms with Gasteiger partial charge in [0.25, 0.3) is 0 Å². The molecule has 2 unspecified atom stereocenters. The highest BCUT2D eigenvalue weighted by molar-refractivity contribution is 5.27.